The summed E-state index contributed by atoms with van der Waals surface area (Å²) in [6.45, 7) is 10.9. The molecule has 40 heavy (non-hydrogen) atoms. The van der Waals surface area contributed by atoms with Crippen LogP contribution in [0.15, 0.2) is 0 Å². The first kappa shape index (κ1) is 39.0. The van der Waals surface area contributed by atoms with Crippen molar-refractivity contribution in [2.75, 3.05) is 50.2 Å². The van der Waals surface area contributed by atoms with Gasteiger partial charge in [0, 0.05) is 38.2 Å². The lowest BCUT2D eigenvalue weighted by molar-refractivity contribution is -0.159. The van der Waals surface area contributed by atoms with Crippen molar-refractivity contribution < 1.29 is 58.7 Å². The monoisotopic (exact) mass is 654 g/mol. The number of rotatable bonds is 21. The number of nitrogens with one attached hydrogen (secondary N) is 2. The van der Waals surface area contributed by atoms with Gasteiger partial charge in [0.2, 0.25) is 0 Å². The molecule has 0 aliphatic rings. The van der Waals surface area contributed by atoms with Crippen LogP contribution in [0.25, 0.3) is 0 Å². The fourth-order valence-corrected chi connectivity index (χ4v) is 8.33. The van der Waals surface area contributed by atoms with E-state index in [2.05, 4.69) is 10.6 Å². The predicted octanol–water partition coefficient (Wildman–Crippen LogP) is 0.194. The van der Waals surface area contributed by atoms with Crippen LogP contribution in [-0.4, -0.2) is 113 Å². The third-order valence-corrected chi connectivity index (χ3v) is 11.4. The third-order valence-electron chi connectivity index (χ3n) is 5.10. The van der Waals surface area contributed by atoms with Crippen molar-refractivity contribution in [3.05, 3.63) is 0 Å². The Bertz CT molecular complexity index is 960. The summed E-state index contributed by atoms with van der Waals surface area (Å²) in [7, 11) is -12.9. The molecule has 0 saturated heterocycles. The number of aliphatic hydroxyl groups excluding tert-OH is 1. The molecule has 1 atom stereocenters. The minimum Gasteiger partial charge on any atom is -0.748 e. The maximum atomic E-state index is 12.7. The van der Waals surface area contributed by atoms with Crippen LogP contribution in [0.2, 0.25) is 6.04 Å². The van der Waals surface area contributed by atoms with E-state index < -0.39 is 75.5 Å². The second-order valence-electron chi connectivity index (χ2n) is 9.46. The molecule has 1 unspecified atom stereocenters. The Kier molecular flexibility index (Phi) is 16.7. The van der Waals surface area contributed by atoms with Crippen LogP contribution in [0.1, 0.15) is 48.0 Å². The molecule has 0 aromatic heterocycles. The number of hydrogen-bond donors (Lipinski definition) is 3. The van der Waals surface area contributed by atoms with Crippen LogP contribution in [0.3, 0.4) is 0 Å². The van der Waals surface area contributed by atoms with Gasteiger partial charge in [-0.1, -0.05) is 0 Å². The summed E-state index contributed by atoms with van der Waals surface area (Å²) in [6, 6.07) is -0.0103. The first-order valence-corrected chi connectivity index (χ1v) is 18.6. The largest absolute Gasteiger partial charge is 0.748 e. The van der Waals surface area contributed by atoms with E-state index in [1.807, 2.05) is 20.8 Å². The number of urea groups is 1. The Labute approximate surface area is 242 Å². The predicted molar refractivity (Wildman–Crippen MR) is 147 cm³/mol. The van der Waals surface area contributed by atoms with Gasteiger partial charge >= 0.3 is 20.8 Å². The lowest BCUT2D eigenvalue weighted by Crippen LogP contribution is -2.49. The Morgan fingerprint density at radius 2 is 1.43 bits per heavy atom. The number of carbonyl (C=O) groups excluding carboxylic acids is 2. The van der Waals surface area contributed by atoms with Crippen molar-refractivity contribution in [1.82, 2.24) is 10.6 Å². The fraction of sp³-hybridized carbons (Fsp3) is 0.905. The first-order chi connectivity index (χ1) is 18.3. The molecule has 19 heteroatoms. The minimum atomic E-state index is -5.04. The number of amides is 2. The van der Waals surface area contributed by atoms with E-state index >= 15 is 0 Å². The standard InChI is InChI=1S/C21H44N2O13S3Si/c1-7-33-40(34-8-2,35-9-3)12-10-11-22-19(26)23-20(4,5)37-16-21(6,15-24)18(25)36-17(13-38(27,28)29)14-39(30,31)32/h17,24H,7-16H2,1-6H3,(H2,22,23,26)(H,27,28,29)(H,30,31,32)/p-2. The van der Waals surface area contributed by atoms with Crippen LogP contribution >= 0.6 is 11.8 Å². The summed E-state index contributed by atoms with van der Waals surface area (Å²) < 4.78 is 88.5. The summed E-state index contributed by atoms with van der Waals surface area (Å²) in [5, 5.41) is 15.3. The first-order valence-electron chi connectivity index (χ1n) is 12.6. The number of esters is 1. The number of carbonyl (C=O) groups is 2. The highest BCUT2D eigenvalue weighted by atomic mass is 32.2. The maximum absolute atomic E-state index is 12.7. The van der Waals surface area contributed by atoms with Gasteiger partial charge in [0.05, 0.1) is 48.6 Å². The van der Waals surface area contributed by atoms with Crippen LogP contribution in [0, 0.1) is 5.41 Å². The second kappa shape index (κ2) is 17.2. The lowest BCUT2D eigenvalue weighted by atomic mass is 9.95. The lowest BCUT2D eigenvalue weighted by Gasteiger charge is -2.32. The molecule has 15 nitrogen and oxygen atoms in total. The Balaban J connectivity index is 5.08. The molecule has 2 amide bonds. The zero-order valence-electron chi connectivity index (χ0n) is 23.7. The van der Waals surface area contributed by atoms with Crippen molar-refractivity contribution in [1.29, 1.82) is 0 Å². The summed E-state index contributed by atoms with van der Waals surface area (Å²) in [5.74, 6) is -4.23. The quantitative estimate of drug-likeness (QED) is 0.0493. The normalized spacial score (nSPS) is 14.6. The van der Waals surface area contributed by atoms with E-state index in [4.69, 9.17) is 18.0 Å². The van der Waals surface area contributed by atoms with Gasteiger partial charge in [-0.25, -0.2) is 21.6 Å². The van der Waals surface area contributed by atoms with Crippen molar-refractivity contribution in [2.45, 2.75) is 65.0 Å². The Morgan fingerprint density at radius 3 is 1.82 bits per heavy atom. The second-order valence-corrected chi connectivity index (χ2v) is 16.7. The maximum Gasteiger partial charge on any atom is 0.500 e. The SMILES string of the molecule is CCO[Si](CCCNC(=O)NC(C)(C)SCC(C)(CO)C(=O)OC(CS(=O)(=O)[O-])CS(=O)(=O)[O-])(OCC)OCC. The molecule has 0 radical (unpaired) electrons. The van der Waals surface area contributed by atoms with Crippen molar-refractivity contribution in [3.63, 3.8) is 0 Å². The summed E-state index contributed by atoms with van der Waals surface area (Å²) >= 11 is 1.04. The van der Waals surface area contributed by atoms with Crippen LogP contribution < -0.4 is 10.6 Å². The van der Waals surface area contributed by atoms with Gasteiger partial charge < -0.3 is 42.9 Å². The van der Waals surface area contributed by atoms with E-state index in [1.165, 1.54) is 6.92 Å². The zero-order valence-corrected chi connectivity index (χ0v) is 27.2. The number of ether oxygens (including phenoxy) is 1. The van der Waals surface area contributed by atoms with Crippen molar-refractivity contribution in [3.8, 4) is 0 Å². The molecule has 0 aromatic rings. The molecule has 238 valence electrons. The van der Waals surface area contributed by atoms with Gasteiger partial charge in [0.25, 0.3) is 0 Å². The summed E-state index contributed by atoms with van der Waals surface area (Å²) in [6.07, 6.45) is -1.51. The molecule has 0 bridgehead atoms. The zero-order chi connectivity index (χ0) is 31.3. The number of thioether (sulfide) groups is 1. The average molecular weight is 655 g/mol. The fourth-order valence-electron chi connectivity index (χ4n) is 3.24. The topological polar surface area (TPSA) is 230 Å². The van der Waals surface area contributed by atoms with Gasteiger partial charge in [0.15, 0.2) is 0 Å². The highest BCUT2D eigenvalue weighted by Gasteiger charge is 2.40. The minimum absolute atomic E-state index is 0.165. The Hall–Kier alpha value is -1.03. The smallest absolute Gasteiger partial charge is 0.500 e. The van der Waals surface area contributed by atoms with Gasteiger partial charge in [-0.2, -0.15) is 0 Å². The van der Waals surface area contributed by atoms with E-state index in [0.29, 0.717) is 38.8 Å². The molecule has 3 N–H and O–H groups in total. The van der Waals surface area contributed by atoms with E-state index in [-0.39, 0.29) is 5.75 Å². The van der Waals surface area contributed by atoms with E-state index in [9.17, 15) is 40.6 Å². The molecule has 0 spiro atoms. The summed E-state index contributed by atoms with van der Waals surface area (Å²) in [4.78, 5) is 24.2. The third kappa shape index (κ3) is 16.4. The van der Waals surface area contributed by atoms with Gasteiger partial charge in [-0.3, -0.25) is 4.79 Å². The highest BCUT2D eigenvalue weighted by Crippen LogP contribution is 2.31. The average Bonchev–Trinajstić information content (AvgIpc) is 2.78. The number of hydrogen-bond acceptors (Lipinski definition) is 14. The molecular weight excluding hydrogens is 613 g/mol. The van der Waals surface area contributed by atoms with Crippen LogP contribution in [0.5, 0.6) is 0 Å². The van der Waals surface area contributed by atoms with Gasteiger partial charge in [-0.15, -0.1) is 11.8 Å². The molecular formula is C21H42N2O13S3Si-2. The molecule has 0 aliphatic heterocycles. The van der Waals surface area contributed by atoms with Crippen molar-refractivity contribution >= 4 is 52.8 Å². The van der Waals surface area contributed by atoms with Crippen molar-refractivity contribution in [2.24, 2.45) is 5.41 Å². The van der Waals surface area contributed by atoms with Crippen LogP contribution in [0.4, 0.5) is 4.79 Å². The van der Waals surface area contributed by atoms with Gasteiger partial charge in [-0.05, 0) is 48.0 Å². The molecule has 0 aromatic carbocycles. The van der Waals surface area contributed by atoms with E-state index in [1.54, 1.807) is 13.8 Å². The molecule has 0 heterocycles. The van der Waals surface area contributed by atoms with E-state index in [0.717, 1.165) is 11.8 Å². The van der Waals surface area contributed by atoms with Gasteiger partial charge in [0.1, 0.15) is 6.10 Å². The molecule has 0 aliphatic carbocycles. The molecule has 0 fully saturated rings. The molecule has 0 saturated carbocycles. The van der Waals surface area contributed by atoms with Crippen LogP contribution in [-0.2, 0) is 43.0 Å². The molecule has 0 rings (SSSR count). The Morgan fingerprint density at radius 1 is 0.950 bits per heavy atom. The summed E-state index contributed by atoms with van der Waals surface area (Å²) in [5.41, 5.74) is -1.69. The number of aliphatic hydroxyl groups is 1. The highest BCUT2D eigenvalue weighted by molar-refractivity contribution is 8.00.